The summed E-state index contributed by atoms with van der Waals surface area (Å²) >= 11 is 0. The van der Waals surface area contributed by atoms with Gasteiger partial charge in [-0.1, -0.05) is 176 Å². The van der Waals surface area contributed by atoms with Gasteiger partial charge in [0.1, 0.15) is 0 Å². The minimum Gasteiger partial charge on any atom is -0.228 e. The Balaban J connectivity index is 0.908. The van der Waals surface area contributed by atoms with Crippen molar-refractivity contribution < 1.29 is 0 Å². The molecule has 9 aromatic carbocycles. The summed E-state index contributed by atoms with van der Waals surface area (Å²) in [4.78, 5) is 10.4. The molecule has 0 radical (unpaired) electrons. The van der Waals surface area contributed by atoms with E-state index in [1.54, 1.807) is 11.1 Å². The summed E-state index contributed by atoms with van der Waals surface area (Å²) in [5, 5.41) is 5.26. The van der Waals surface area contributed by atoms with Crippen LogP contribution < -0.4 is 0 Å². The molecule has 2 nitrogen and oxygen atoms in total. The summed E-state index contributed by atoms with van der Waals surface area (Å²) in [6, 6.07) is 76.2. The lowest BCUT2D eigenvalue weighted by Crippen LogP contribution is -2.55. The third kappa shape index (κ3) is 5.80. The van der Waals surface area contributed by atoms with Gasteiger partial charge < -0.3 is 0 Å². The van der Waals surface area contributed by atoms with Gasteiger partial charge in [-0.15, -0.1) is 0 Å². The molecule has 0 unspecified atom stereocenters. The van der Waals surface area contributed by atoms with Gasteiger partial charge in [-0.05, 0) is 163 Å². The fourth-order valence-electron chi connectivity index (χ4n) is 13.7. The van der Waals surface area contributed by atoms with Gasteiger partial charge in [0.2, 0.25) is 0 Å². The van der Waals surface area contributed by atoms with Gasteiger partial charge in [0.15, 0.2) is 5.82 Å². The fraction of sp³-hybridized carbons (Fsp3) is 0.156. The fourth-order valence-corrected chi connectivity index (χ4v) is 13.7. The number of fused-ring (bicyclic) bond motifs is 5. The Morgan fingerprint density at radius 3 is 1.56 bits per heavy atom. The van der Waals surface area contributed by atoms with E-state index in [0.717, 1.165) is 45.5 Å². The SMILES string of the molecule is c1ccc(-c2cccc(-c3cc(-c4cccc(-c5ccc(-c6cccc7c6-c6cc8ccccc8cc6C76C7CC8CC(C7)CC6C8)c6ccccc56)c4)nc(-c4ccccc4)n3)c2)cc1. The molecule has 0 N–H and O–H groups in total. The lowest BCUT2D eigenvalue weighted by molar-refractivity contribution is -0.0398. The highest BCUT2D eigenvalue weighted by Crippen LogP contribution is 2.70. The van der Waals surface area contributed by atoms with E-state index in [-0.39, 0.29) is 5.41 Å². The molecule has 1 spiro atoms. The minimum absolute atomic E-state index is 0.0975. The van der Waals surface area contributed by atoms with Crippen LogP contribution in [0.25, 0.3) is 100.0 Å². The van der Waals surface area contributed by atoms with E-state index in [4.69, 9.17) is 9.97 Å². The molecule has 4 bridgehead atoms. The van der Waals surface area contributed by atoms with E-state index >= 15 is 0 Å². The predicted octanol–water partition coefficient (Wildman–Crippen LogP) is 16.5. The predicted molar refractivity (Wildman–Crippen MR) is 273 cm³/mol. The Morgan fingerprint density at radius 1 is 0.333 bits per heavy atom. The van der Waals surface area contributed by atoms with E-state index in [1.807, 2.05) is 6.07 Å². The number of nitrogens with zero attached hydrogens (tertiary/aromatic N) is 2. The number of hydrogen-bond donors (Lipinski definition) is 0. The summed E-state index contributed by atoms with van der Waals surface area (Å²) in [6.07, 6.45) is 6.98. The molecule has 0 atom stereocenters. The zero-order valence-corrected chi connectivity index (χ0v) is 36.9. The third-order valence-electron chi connectivity index (χ3n) is 16.2. The average molecular weight is 845 g/mol. The van der Waals surface area contributed by atoms with E-state index < -0.39 is 0 Å². The maximum Gasteiger partial charge on any atom is 0.160 e. The molecule has 2 heteroatoms. The van der Waals surface area contributed by atoms with Crippen molar-refractivity contribution >= 4 is 21.5 Å². The summed E-state index contributed by atoms with van der Waals surface area (Å²) < 4.78 is 0. The van der Waals surface area contributed by atoms with Gasteiger partial charge >= 0.3 is 0 Å². The minimum atomic E-state index is 0.0975. The first-order valence-corrected chi connectivity index (χ1v) is 24.1. The molecule has 15 rings (SSSR count). The second kappa shape index (κ2) is 14.8. The van der Waals surface area contributed by atoms with E-state index in [1.165, 1.54) is 92.6 Å². The first-order chi connectivity index (χ1) is 32.7. The molecular formula is C64H48N2. The molecule has 10 aromatic rings. The molecule has 1 aromatic heterocycles. The van der Waals surface area contributed by atoms with Crippen LogP contribution in [0.2, 0.25) is 0 Å². The normalized spacial score (nSPS) is 21.1. The molecule has 0 aliphatic heterocycles. The number of benzene rings is 9. The lowest BCUT2D eigenvalue weighted by atomic mass is 9.43. The van der Waals surface area contributed by atoms with Crippen molar-refractivity contribution in [1.82, 2.24) is 9.97 Å². The van der Waals surface area contributed by atoms with Crippen LogP contribution in [0.4, 0.5) is 0 Å². The smallest absolute Gasteiger partial charge is 0.160 e. The summed E-state index contributed by atoms with van der Waals surface area (Å²) in [5.74, 6) is 3.96. The zero-order valence-electron chi connectivity index (χ0n) is 36.9. The Labute approximate surface area is 386 Å². The molecule has 5 aliphatic rings. The Bertz CT molecular complexity index is 3520. The molecular weight excluding hydrogens is 797 g/mol. The average Bonchev–Trinajstić information content (AvgIpc) is 3.66. The largest absolute Gasteiger partial charge is 0.228 e. The van der Waals surface area contributed by atoms with Crippen molar-refractivity contribution in [2.75, 3.05) is 0 Å². The quantitative estimate of drug-likeness (QED) is 0.167. The second-order valence-electron chi connectivity index (χ2n) is 19.7. The van der Waals surface area contributed by atoms with Crippen LogP contribution >= 0.6 is 0 Å². The molecule has 4 fully saturated rings. The second-order valence-corrected chi connectivity index (χ2v) is 19.7. The maximum atomic E-state index is 5.25. The summed E-state index contributed by atoms with van der Waals surface area (Å²) in [6.45, 7) is 0. The number of hydrogen-bond acceptors (Lipinski definition) is 2. The van der Waals surface area contributed by atoms with Crippen LogP contribution in [-0.2, 0) is 5.41 Å². The first-order valence-electron chi connectivity index (χ1n) is 24.1. The summed E-state index contributed by atoms with van der Waals surface area (Å²) in [5.41, 5.74) is 18.6. The Kier molecular flexibility index (Phi) is 8.50. The third-order valence-corrected chi connectivity index (χ3v) is 16.2. The number of rotatable bonds is 6. The van der Waals surface area contributed by atoms with Crippen molar-refractivity contribution in [3.63, 3.8) is 0 Å². The lowest BCUT2D eigenvalue weighted by Gasteiger charge is -2.61. The van der Waals surface area contributed by atoms with Crippen molar-refractivity contribution in [2.45, 2.75) is 37.5 Å². The van der Waals surface area contributed by atoms with Crippen molar-refractivity contribution in [3.8, 4) is 78.4 Å². The van der Waals surface area contributed by atoms with Gasteiger partial charge in [0, 0.05) is 22.1 Å². The molecule has 0 saturated heterocycles. The van der Waals surface area contributed by atoms with Gasteiger partial charge in [0.05, 0.1) is 11.4 Å². The van der Waals surface area contributed by atoms with Crippen LogP contribution in [0.1, 0.15) is 43.2 Å². The van der Waals surface area contributed by atoms with Crippen LogP contribution in [0.3, 0.4) is 0 Å². The highest BCUT2D eigenvalue weighted by atomic mass is 14.9. The van der Waals surface area contributed by atoms with Crippen molar-refractivity contribution in [3.05, 3.63) is 217 Å². The van der Waals surface area contributed by atoms with E-state index in [9.17, 15) is 0 Å². The zero-order chi connectivity index (χ0) is 43.3. The van der Waals surface area contributed by atoms with Gasteiger partial charge in [0.25, 0.3) is 0 Å². The number of aromatic nitrogens is 2. The molecule has 66 heavy (non-hydrogen) atoms. The Hall–Kier alpha value is -7.42. The Morgan fingerprint density at radius 2 is 0.864 bits per heavy atom. The monoisotopic (exact) mass is 844 g/mol. The van der Waals surface area contributed by atoms with Gasteiger partial charge in [-0.25, -0.2) is 9.97 Å². The molecule has 4 saturated carbocycles. The topological polar surface area (TPSA) is 25.8 Å². The van der Waals surface area contributed by atoms with Crippen molar-refractivity contribution in [1.29, 1.82) is 0 Å². The van der Waals surface area contributed by atoms with Gasteiger partial charge in [-0.3, -0.25) is 0 Å². The molecule has 5 aliphatic carbocycles. The van der Waals surface area contributed by atoms with Crippen LogP contribution in [-0.4, -0.2) is 9.97 Å². The van der Waals surface area contributed by atoms with Gasteiger partial charge in [-0.2, -0.15) is 0 Å². The molecule has 0 amide bonds. The summed E-state index contributed by atoms with van der Waals surface area (Å²) in [7, 11) is 0. The highest BCUT2D eigenvalue weighted by Gasteiger charge is 2.61. The highest BCUT2D eigenvalue weighted by molar-refractivity contribution is 6.09. The molecule has 314 valence electrons. The first kappa shape index (κ1) is 37.9. The van der Waals surface area contributed by atoms with Crippen LogP contribution in [0.5, 0.6) is 0 Å². The van der Waals surface area contributed by atoms with Crippen molar-refractivity contribution in [2.24, 2.45) is 23.7 Å². The maximum absolute atomic E-state index is 5.25. The molecule has 1 heterocycles. The van der Waals surface area contributed by atoms with Crippen LogP contribution in [0, 0.1) is 23.7 Å². The van der Waals surface area contributed by atoms with Crippen LogP contribution in [0.15, 0.2) is 206 Å². The van der Waals surface area contributed by atoms with E-state index in [2.05, 4.69) is 200 Å². The standard InChI is InChI=1S/C64H48N2/c1-3-14-42(15-4-1)44-20-11-22-48(35-44)60-39-61(66-63(65-60)43-16-5-2-6-17-43)49-23-12-21-47(36-49)52-28-29-55(54-25-10-9-24-53(52)54)56-26-13-27-58-62(56)57-37-45-18-7-8-19-46(45)38-59(57)64(58)50-31-40-30-41(33-50)34-51(64)32-40/h1-29,35-41,50-51H,30-34H2. The van der Waals surface area contributed by atoms with E-state index in [0.29, 0.717) is 17.7 Å².